The van der Waals surface area contributed by atoms with E-state index < -0.39 is 5.91 Å². The van der Waals surface area contributed by atoms with Crippen LogP contribution < -0.4 is 10.1 Å². The summed E-state index contributed by atoms with van der Waals surface area (Å²) in [5.41, 5.74) is 1.64. The van der Waals surface area contributed by atoms with E-state index in [4.69, 9.17) is 21.2 Å². The molecule has 0 spiro atoms. The van der Waals surface area contributed by atoms with Gasteiger partial charge in [-0.2, -0.15) is 5.10 Å². The first-order chi connectivity index (χ1) is 13.4. The number of nitrogens with zero attached hydrogens (tertiary/aromatic N) is 6. The smallest absolute Gasteiger partial charge is 0.299 e. The highest BCUT2D eigenvalue weighted by molar-refractivity contribution is 6.29. The number of nitrogens with one attached hydrogen (secondary N) is 1. The van der Waals surface area contributed by atoms with Gasteiger partial charge in [0.2, 0.25) is 0 Å². The highest BCUT2D eigenvalue weighted by Gasteiger charge is 2.21. The van der Waals surface area contributed by atoms with Gasteiger partial charge in [0.05, 0.1) is 31.2 Å². The number of halogens is 1. The number of carbonyl (C=O) groups excluding carboxylic acids is 1. The second kappa shape index (κ2) is 8.19. The lowest BCUT2D eigenvalue weighted by Crippen LogP contribution is -2.27. The zero-order chi connectivity index (χ0) is 20.3. The molecular weight excluding hydrogens is 386 g/mol. The van der Waals surface area contributed by atoms with Crippen LogP contribution in [0.2, 0.25) is 5.15 Å². The highest BCUT2D eigenvalue weighted by Crippen LogP contribution is 2.37. The molecule has 0 saturated carbocycles. The molecule has 28 heavy (non-hydrogen) atoms. The minimum Gasteiger partial charge on any atom is -0.494 e. The van der Waals surface area contributed by atoms with Crippen LogP contribution in [0.25, 0.3) is 11.4 Å². The summed E-state index contributed by atoms with van der Waals surface area (Å²) in [6.45, 7) is 0. The Morgan fingerprint density at radius 1 is 1.25 bits per heavy atom. The zero-order valence-corrected chi connectivity index (χ0v) is 16.4. The number of carbonyl (C=O) groups is 1. The SMILES string of the molecule is COc1c(Nc2cc(Cl)nnc2C(=O)N(C)OC)cccc1-c1ncn(C)n1. The Balaban J connectivity index is 2.05. The van der Waals surface area contributed by atoms with Gasteiger partial charge in [-0.15, -0.1) is 10.2 Å². The van der Waals surface area contributed by atoms with Crippen molar-refractivity contribution in [1.29, 1.82) is 0 Å². The van der Waals surface area contributed by atoms with E-state index in [1.807, 2.05) is 12.1 Å². The number of aromatic nitrogens is 5. The molecule has 2 aromatic heterocycles. The second-order valence-electron chi connectivity index (χ2n) is 5.67. The molecule has 146 valence electrons. The van der Waals surface area contributed by atoms with Gasteiger partial charge in [-0.1, -0.05) is 17.7 Å². The summed E-state index contributed by atoms with van der Waals surface area (Å²) in [5.74, 6) is 0.514. The average molecular weight is 404 g/mol. The Morgan fingerprint density at radius 2 is 2.04 bits per heavy atom. The quantitative estimate of drug-likeness (QED) is 0.625. The predicted octanol–water partition coefficient (Wildman–Crippen LogP) is 2.31. The maximum Gasteiger partial charge on any atom is 0.299 e. The molecule has 1 amide bonds. The minimum atomic E-state index is -0.490. The Bertz CT molecular complexity index is 1010. The van der Waals surface area contributed by atoms with E-state index in [-0.39, 0.29) is 10.8 Å². The van der Waals surface area contributed by atoms with Crippen molar-refractivity contribution < 1.29 is 14.4 Å². The van der Waals surface area contributed by atoms with Gasteiger partial charge in [0.1, 0.15) is 6.33 Å². The molecule has 0 radical (unpaired) electrons. The summed E-state index contributed by atoms with van der Waals surface area (Å²) in [7, 11) is 6.16. The molecule has 11 heteroatoms. The van der Waals surface area contributed by atoms with Crippen LogP contribution in [-0.4, -0.2) is 57.2 Å². The van der Waals surface area contributed by atoms with Gasteiger partial charge < -0.3 is 10.1 Å². The van der Waals surface area contributed by atoms with Gasteiger partial charge in [-0.3, -0.25) is 14.3 Å². The second-order valence-corrected chi connectivity index (χ2v) is 6.06. The Hall–Kier alpha value is -3.24. The normalized spacial score (nSPS) is 10.6. The molecule has 1 aromatic carbocycles. The van der Waals surface area contributed by atoms with E-state index in [1.165, 1.54) is 27.3 Å². The first-order valence-electron chi connectivity index (χ1n) is 8.10. The lowest BCUT2D eigenvalue weighted by atomic mass is 10.1. The van der Waals surface area contributed by atoms with Crippen LogP contribution in [-0.2, 0) is 11.9 Å². The maximum atomic E-state index is 12.5. The van der Waals surface area contributed by atoms with Crippen LogP contribution in [0.3, 0.4) is 0 Å². The summed E-state index contributed by atoms with van der Waals surface area (Å²) >= 11 is 5.98. The third-order valence-electron chi connectivity index (χ3n) is 3.86. The Kier molecular flexibility index (Phi) is 5.71. The van der Waals surface area contributed by atoms with E-state index in [9.17, 15) is 4.79 Å². The number of para-hydroxylation sites is 1. The third-order valence-corrected chi connectivity index (χ3v) is 4.04. The van der Waals surface area contributed by atoms with Crippen molar-refractivity contribution >= 4 is 28.9 Å². The molecule has 0 atom stereocenters. The van der Waals surface area contributed by atoms with Crippen LogP contribution in [0.15, 0.2) is 30.6 Å². The summed E-state index contributed by atoms with van der Waals surface area (Å²) < 4.78 is 7.17. The Morgan fingerprint density at radius 3 is 2.68 bits per heavy atom. The van der Waals surface area contributed by atoms with Crippen LogP contribution in [0.5, 0.6) is 5.75 Å². The standard InChI is InChI=1S/C17H18ClN7O3/c1-24-9-19-16(23-24)10-6-5-7-11(15(10)27-3)20-12-8-13(18)21-22-14(12)17(26)25(2)28-4/h5-9H,1-4H3,(H,20,21). The fourth-order valence-corrected chi connectivity index (χ4v) is 2.64. The predicted molar refractivity (Wildman–Crippen MR) is 102 cm³/mol. The number of ether oxygens (including phenoxy) is 1. The van der Waals surface area contributed by atoms with Gasteiger partial charge in [-0.25, -0.2) is 10.0 Å². The Labute approximate surface area is 166 Å². The molecule has 0 bridgehead atoms. The maximum absolute atomic E-state index is 12.5. The van der Waals surface area contributed by atoms with Crippen LogP contribution in [0.1, 0.15) is 10.5 Å². The molecule has 1 N–H and O–H groups in total. The van der Waals surface area contributed by atoms with E-state index in [0.29, 0.717) is 28.5 Å². The van der Waals surface area contributed by atoms with Crippen molar-refractivity contribution in [2.75, 3.05) is 26.6 Å². The molecule has 0 saturated heterocycles. The highest BCUT2D eigenvalue weighted by atomic mass is 35.5. The van der Waals surface area contributed by atoms with Crippen molar-refractivity contribution in [3.05, 3.63) is 41.4 Å². The van der Waals surface area contributed by atoms with Gasteiger partial charge in [0, 0.05) is 20.2 Å². The zero-order valence-electron chi connectivity index (χ0n) is 15.7. The summed E-state index contributed by atoms with van der Waals surface area (Å²) in [6, 6.07) is 6.93. The fraction of sp³-hybridized carbons (Fsp3) is 0.235. The van der Waals surface area contributed by atoms with Gasteiger partial charge in [0.25, 0.3) is 5.91 Å². The molecule has 0 unspecified atom stereocenters. The van der Waals surface area contributed by atoms with E-state index >= 15 is 0 Å². The van der Waals surface area contributed by atoms with Crippen molar-refractivity contribution in [2.45, 2.75) is 0 Å². The first-order valence-corrected chi connectivity index (χ1v) is 8.47. The van der Waals surface area contributed by atoms with Crippen molar-refractivity contribution in [1.82, 2.24) is 30.0 Å². The number of hydrogen-bond acceptors (Lipinski definition) is 8. The molecular formula is C17H18ClN7O3. The molecule has 0 aliphatic rings. The number of benzene rings is 1. The number of anilines is 2. The lowest BCUT2D eigenvalue weighted by molar-refractivity contribution is -0.0760. The molecule has 10 nitrogen and oxygen atoms in total. The molecule has 3 rings (SSSR count). The summed E-state index contributed by atoms with van der Waals surface area (Å²) in [5, 5.41) is 16.2. The van der Waals surface area contributed by atoms with Crippen LogP contribution >= 0.6 is 11.6 Å². The summed E-state index contributed by atoms with van der Waals surface area (Å²) in [6.07, 6.45) is 1.60. The minimum absolute atomic E-state index is 0.0390. The molecule has 2 heterocycles. The molecule has 0 aliphatic heterocycles. The number of methoxy groups -OCH3 is 1. The molecule has 0 aliphatic carbocycles. The average Bonchev–Trinajstić information content (AvgIpc) is 3.13. The van der Waals surface area contributed by atoms with E-state index in [1.54, 1.807) is 24.1 Å². The van der Waals surface area contributed by atoms with Crippen molar-refractivity contribution in [2.24, 2.45) is 7.05 Å². The summed E-state index contributed by atoms with van der Waals surface area (Å²) in [4.78, 5) is 21.7. The topological polar surface area (TPSA) is 107 Å². The monoisotopic (exact) mass is 403 g/mol. The van der Waals surface area contributed by atoms with Crippen LogP contribution in [0, 0.1) is 0 Å². The van der Waals surface area contributed by atoms with Crippen molar-refractivity contribution in [3.8, 4) is 17.1 Å². The van der Waals surface area contributed by atoms with Gasteiger partial charge >= 0.3 is 0 Å². The number of aryl methyl sites for hydroxylation is 1. The molecule has 3 aromatic rings. The third kappa shape index (κ3) is 3.87. The number of hydrogen-bond donors (Lipinski definition) is 1. The van der Waals surface area contributed by atoms with Crippen molar-refractivity contribution in [3.63, 3.8) is 0 Å². The number of rotatable bonds is 6. The van der Waals surface area contributed by atoms with Crippen LogP contribution in [0.4, 0.5) is 11.4 Å². The lowest BCUT2D eigenvalue weighted by Gasteiger charge is -2.17. The molecule has 0 fully saturated rings. The fourth-order valence-electron chi connectivity index (χ4n) is 2.49. The number of hydroxylamine groups is 2. The largest absolute Gasteiger partial charge is 0.494 e. The van der Waals surface area contributed by atoms with E-state index in [2.05, 4.69) is 25.6 Å². The van der Waals surface area contributed by atoms with Gasteiger partial charge in [0.15, 0.2) is 22.4 Å². The van der Waals surface area contributed by atoms with E-state index in [0.717, 1.165) is 5.06 Å². The number of amides is 1. The van der Waals surface area contributed by atoms with Gasteiger partial charge in [-0.05, 0) is 12.1 Å². The first kappa shape index (κ1) is 19.5.